The highest BCUT2D eigenvalue weighted by Gasteiger charge is 2.36. The molecule has 9 heteroatoms. The zero-order chi connectivity index (χ0) is 20.4. The van der Waals surface area contributed by atoms with E-state index in [0.29, 0.717) is 22.4 Å². The van der Waals surface area contributed by atoms with E-state index in [-0.39, 0.29) is 17.2 Å². The van der Waals surface area contributed by atoms with E-state index >= 15 is 0 Å². The summed E-state index contributed by atoms with van der Waals surface area (Å²) in [5.41, 5.74) is 1.34. The molecule has 3 rings (SSSR count). The van der Waals surface area contributed by atoms with E-state index in [2.05, 4.69) is 10.6 Å². The van der Waals surface area contributed by atoms with Gasteiger partial charge in [-0.05, 0) is 19.9 Å². The molecule has 0 bridgehead atoms. The average molecular weight is 382 g/mol. The Bertz CT molecular complexity index is 1000. The molecule has 144 valence electrons. The van der Waals surface area contributed by atoms with Crippen LogP contribution in [0.5, 0.6) is 0 Å². The first kappa shape index (κ1) is 19.2. The maximum Gasteiger partial charge on any atom is 0.276 e. The smallest absolute Gasteiger partial charge is 0.276 e. The molecule has 0 saturated carbocycles. The number of nitrogens with zero attached hydrogens (tertiary/aromatic N) is 2. The van der Waals surface area contributed by atoms with Crippen molar-refractivity contribution in [3.63, 3.8) is 0 Å². The second-order valence-electron chi connectivity index (χ2n) is 6.40. The molecule has 1 aliphatic heterocycles. The first-order valence-electron chi connectivity index (χ1n) is 8.52. The predicted octanol–water partition coefficient (Wildman–Crippen LogP) is 3.30. The Labute approximate surface area is 160 Å². The van der Waals surface area contributed by atoms with Crippen LogP contribution in [0.25, 0.3) is 0 Å². The summed E-state index contributed by atoms with van der Waals surface area (Å²) in [6, 6.07) is 11.6. The van der Waals surface area contributed by atoms with Crippen LogP contribution >= 0.6 is 0 Å². The Morgan fingerprint density at radius 1 is 0.929 bits per heavy atom. The second-order valence-corrected chi connectivity index (χ2v) is 6.40. The summed E-state index contributed by atoms with van der Waals surface area (Å²) in [6.07, 6.45) is -0.700. The van der Waals surface area contributed by atoms with Crippen LogP contribution in [0, 0.1) is 20.2 Å². The summed E-state index contributed by atoms with van der Waals surface area (Å²) >= 11 is 0. The van der Waals surface area contributed by atoms with Crippen molar-refractivity contribution in [2.24, 2.45) is 0 Å². The van der Waals surface area contributed by atoms with Gasteiger partial charge < -0.3 is 5.32 Å². The van der Waals surface area contributed by atoms with Crippen molar-refractivity contribution in [3.05, 3.63) is 91.2 Å². The number of ketones is 1. The molecule has 2 aromatic rings. The molecule has 2 atom stereocenters. The third-order valence-electron chi connectivity index (χ3n) is 4.66. The van der Waals surface area contributed by atoms with Crippen LogP contribution in [-0.4, -0.2) is 15.6 Å². The Balaban J connectivity index is 2.15. The number of nitrogens with one attached hydrogen (secondary N) is 2. The largest absolute Gasteiger partial charge is 0.369 e. The Hall–Kier alpha value is -3.59. The zero-order valence-electron chi connectivity index (χ0n) is 15.2. The number of carbonyl (C=O) groups is 1. The highest BCUT2D eigenvalue weighted by Crippen LogP contribution is 2.37. The average Bonchev–Trinajstić information content (AvgIpc) is 2.66. The van der Waals surface area contributed by atoms with Crippen molar-refractivity contribution in [2.75, 3.05) is 0 Å². The normalized spacial score (nSPS) is 19.1. The molecule has 0 aromatic heterocycles. The Kier molecular flexibility index (Phi) is 5.18. The topological polar surface area (TPSA) is 127 Å². The summed E-state index contributed by atoms with van der Waals surface area (Å²) in [5, 5.41) is 29.1. The first-order valence-corrected chi connectivity index (χ1v) is 8.52. The lowest BCUT2D eigenvalue weighted by atomic mass is 9.90. The van der Waals surface area contributed by atoms with E-state index in [0.717, 1.165) is 0 Å². The van der Waals surface area contributed by atoms with Gasteiger partial charge in [0.15, 0.2) is 5.78 Å². The van der Waals surface area contributed by atoms with Crippen LogP contribution in [-0.2, 0) is 4.79 Å². The molecule has 2 N–H and O–H groups in total. The molecule has 28 heavy (non-hydrogen) atoms. The second kappa shape index (κ2) is 7.57. The van der Waals surface area contributed by atoms with Crippen LogP contribution in [0.3, 0.4) is 0 Å². The van der Waals surface area contributed by atoms with Gasteiger partial charge in [-0.25, -0.2) is 0 Å². The molecule has 1 aliphatic rings. The van der Waals surface area contributed by atoms with E-state index in [1.54, 1.807) is 43.3 Å². The number of carbonyl (C=O) groups excluding carboxylic acids is 1. The van der Waals surface area contributed by atoms with Crippen LogP contribution in [0.15, 0.2) is 59.8 Å². The van der Waals surface area contributed by atoms with Crippen molar-refractivity contribution < 1.29 is 14.6 Å². The highest BCUT2D eigenvalue weighted by atomic mass is 16.6. The number of para-hydroxylation sites is 2. The van der Waals surface area contributed by atoms with Gasteiger partial charge in [0.2, 0.25) is 0 Å². The molecule has 1 heterocycles. The molecule has 9 nitrogen and oxygen atoms in total. The number of hydrogen-bond donors (Lipinski definition) is 2. The molecule has 0 aliphatic carbocycles. The molecule has 0 radical (unpaired) electrons. The van der Waals surface area contributed by atoms with Crippen LogP contribution in [0.4, 0.5) is 11.4 Å². The van der Waals surface area contributed by atoms with Crippen molar-refractivity contribution in [1.29, 1.82) is 0 Å². The van der Waals surface area contributed by atoms with Gasteiger partial charge in [0, 0.05) is 23.4 Å². The fourth-order valence-corrected chi connectivity index (χ4v) is 3.48. The molecule has 2 aromatic carbocycles. The van der Waals surface area contributed by atoms with Gasteiger partial charge in [-0.2, -0.15) is 0 Å². The lowest BCUT2D eigenvalue weighted by molar-refractivity contribution is -0.386. The first-order chi connectivity index (χ1) is 13.3. The molecule has 0 fully saturated rings. The van der Waals surface area contributed by atoms with E-state index < -0.39 is 22.1 Å². The van der Waals surface area contributed by atoms with Crippen LogP contribution in [0.1, 0.15) is 37.2 Å². The van der Waals surface area contributed by atoms with Gasteiger partial charge in [0.05, 0.1) is 27.0 Å². The summed E-state index contributed by atoms with van der Waals surface area (Å²) < 4.78 is 0. The maximum absolute atomic E-state index is 12.3. The van der Waals surface area contributed by atoms with Gasteiger partial charge in [0.1, 0.15) is 6.17 Å². The molecular formula is C19H18N4O5. The van der Waals surface area contributed by atoms with Crippen LogP contribution in [0.2, 0.25) is 0 Å². The van der Waals surface area contributed by atoms with Crippen molar-refractivity contribution in [1.82, 2.24) is 10.6 Å². The fourth-order valence-electron chi connectivity index (χ4n) is 3.48. The standard InChI is InChI=1S/C19H18N4O5/c1-11-17(12(2)24)18(13-7-3-5-9-15(13)22(25)26)21-19(20-11)14-8-4-6-10-16(14)23(27)28/h3-10,18-21H,1-2H3/t18-,19-/m0/s1. The number of Topliss-reactive ketones (excluding diaryl/α,β-unsaturated/α-hetero) is 1. The van der Waals surface area contributed by atoms with Crippen molar-refractivity contribution in [3.8, 4) is 0 Å². The van der Waals surface area contributed by atoms with Gasteiger partial charge in [-0.3, -0.25) is 30.3 Å². The number of nitro groups is 2. The van der Waals surface area contributed by atoms with Gasteiger partial charge >= 0.3 is 0 Å². The van der Waals surface area contributed by atoms with E-state index in [1.165, 1.54) is 19.1 Å². The highest BCUT2D eigenvalue weighted by molar-refractivity contribution is 5.95. The summed E-state index contributed by atoms with van der Waals surface area (Å²) in [7, 11) is 0. The maximum atomic E-state index is 12.3. The third kappa shape index (κ3) is 3.47. The molecule has 0 spiro atoms. The fraction of sp³-hybridized carbons (Fsp3) is 0.211. The Morgan fingerprint density at radius 2 is 1.43 bits per heavy atom. The van der Waals surface area contributed by atoms with Gasteiger partial charge in [0.25, 0.3) is 11.4 Å². The minimum Gasteiger partial charge on any atom is -0.369 e. The van der Waals surface area contributed by atoms with E-state index in [9.17, 15) is 25.0 Å². The lowest BCUT2D eigenvalue weighted by Crippen LogP contribution is -2.43. The number of nitro benzene ring substituents is 2. The number of benzene rings is 2. The zero-order valence-corrected chi connectivity index (χ0v) is 15.2. The summed E-state index contributed by atoms with van der Waals surface area (Å²) in [6.45, 7) is 3.07. The number of hydrogen-bond acceptors (Lipinski definition) is 7. The quantitative estimate of drug-likeness (QED) is 0.600. The number of allylic oxidation sites excluding steroid dienone is 1. The lowest BCUT2D eigenvalue weighted by Gasteiger charge is -2.35. The minimum absolute atomic E-state index is 0.0899. The molecule has 0 unspecified atom stereocenters. The van der Waals surface area contributed by atoms with Crippen LogP contribution < -0.4 is 10.6 Å². The van der Waals surface area contributed by atoms with E-state index in [1.807, 2.05) is 0 Å². The summed E-state index contributed by atoms with van der Waals surface area (Å²) in [5.74, 6) is -0.248. The molecular weight excluding hydrogens is 364 g/mol. The predicted molar refractivity (Wildman–Crippen MR) is 101 cm³/mol. The number of rotatable bonds is 5. The van der Waals surface area contributed by atoms with E-state index in [4.69, 9.17) is 0 Å². The third-order valence-corrected chi connectivity index (χ3v) is 4.66. The monoisotopic (exact) mass is 382 g/mol. The SMILES string of the molecule is CC(=O)C1=C(C)N[C@H](c2ccccc2[N+](=O)[O-])N[C@H]1c1ccccc1[N+](=O)[O-]. The molecule has 0 amide bonds. The van der Waals surface area contributed by atoms with Gasteiger partial charge in [-0.1, -0.05) is 30.3 Å². The summed E-state index contributed by atoms with van der Waals surface area (Å²) in [4.78, 5) is 34.2. The van der Waals surface area contributed by atoms with Crippen molar-refractivity contribution in [2.45, 2.75) is 26.1 Å². The minimum atomic E-state index is -0.787. The van der Waals surface area contributed by atoms with Gasteiger partial charge in [-0.15, -0.1) is 0 Å². The Morgan fingerprint density at radius 3 is 1.96 bits per heavy atom. The van der Waals surface area contributed by atoms with Crippen molar-refractivity contribution >= 4 is 17.2 Å². The molecule has 0 saturated heterocycles.